The van der Waals surface area contributed by atoms with Gasteiger partial charge in [0.25, 0.3) is 0 Å². The van der Waals surface area contributed by atoms with Crippen LogP contribution in [0, 0.1) is 6.92 Å². The number of aromatic amines is 1. The first-order chi connectivity index (χ1) is 13.9. The van der Waals surface area contributed by atoms with Crippen LogP contribution in [0.4, 0.5) is 5.69 Å². The summed E-state index contributed by atoms with van der Waals surface area (Å²) < 4.78 is 26.4. The lowest BCUT2D eigenvalue weighted by atomic mass is 10.1. The summed E-state index contributed by atoms with van der Waals surface area (Å²) in [5.74, 6) is 0.719. The quantitative estimate of drug-likeness (QED) is 0.524. The molecule has 29 heavy (non-hydrogen) atoms. The Balaban J connectivity index is 1.56. The fourth-order valence-corrected chi connectivity index (χ4v) is 4.93. The van der Waals surface area contributed by atoms with Gasteiger partial charge in [0, 0.05) is 17.7 Å². The Morgan fingerprint density at radius 3 is 2.41 bits per heavy atom. The Kier molecular flexibility index (Phi) is 3.93. The molecule has 3 aromatic carbocycles. The molecule has 0 saturated heterocycles. The molecule has 5 nitrogen and oxygen atoms in total. The number of H-pyrrole nitrogens is 1. The number of imidazole rings is 1. The van der Waals surface area contributed by atoms with E-state index in [0.29, 0.717) is 5.52 Å². The summed E-state index contributed by atoms with van der Waals surface area (Å²) in [6.07, 6.45) is 0.775. The number of nitrogens with zero attached hydrogens (tertiary/aromatic N) is 2. The maximum atomic E-state index is 13.2. The van der Waals surface area contributed by atoms with Crippen LogP contribution in [-0.2, 0) is 16.3 Å². The highest BCUT2D eigenvalue weighted by Gasteiger charge is 2.22. The molecule has 1 aromatic heterocycles. The highest BCUT2D eigenvalue weighted by atomic mass is 32.2. The second kappa shape index (κ2) is 6.39. The summed E-state index contributed by atoms with van der Waals surface area (Å²) in [6, 6.07) is 18.2. The number of hydrogen-bond acceptors (Lipinski definition) is 4. The first kappa shape index (κ1) is 17.8. The topological polar surface area (TPSA) is 75.2 Å². The number of aliphatic imine (C=N–C) groups is 1. The standard InChI is InChI=1S/C23H19N3O2S/c1-14-3-5-16(6-4-14)23-25-20-10-9-19(13-22(20)26-23)29(27,28)18-8-7-17-11-15(2)24-21(17)12-18/h3-10,12-13H,11H2,1-2H3,(H,25,26). The molecule has 2 heterocycles. The van der Waals surface area contributed by atoms with Crippen LogP contribution in [0.25, 0.3) is 22.4 Å². The molecule has 4 aromatic rings. The average molecular weight is 401 g/mol. The van der Waals surface area contributed by atoms with E-state index in [2.05, 4.69) is 15.0 Å². The zero-order valence-electron chi connectivity index (χ0n) is 16.1. The molecule has 0 atom stereocenters. The van der Waals surface area contributed by atoms with Gasteiger partial charge in [-0.05, 0) is 49.7 Å². The van der Waals surface area contributed by atoms with Crippen LogP contribution in [-0.4, -0.2) is 24.1 Å². The molecular formula is C23H19N3O2S. The Morgan fingerprint density at radius 1 is 0.897 bits per heavy atom. The van der Waals surface area contributed by atoms with Gasteiger partial charge in [0.05, 0.1) is 26.5 Å². The molecule has 1 N–H and O–H groups in total. The molecule has 5 rings (SSSR count). The Bertz CT molecular complexity index is 1400. The van der Waals surface area contributed by atoms with Gasteiger partial charge in [0.1, 0.15) is 5.82 Å². The summed E-state index contributed by atoms with van der Waals surface area (Å²) in [5.41, 5.74) is 6.36. The van der Waals surface area contributed by atoms with E-state index in [1.807, 2.05) is 44.2 Å². The molecule has 0 saturated carbocycles. The molecule has 144 valence electrons. The monoisotopic (exact) mass is 401 g/mol. The van der Waals surface area contributed by atoms with Crippen LogP contribution in [0.3, 0.4) is 0 Å². The Hall–Kier alpha value is -3.25. The maximum Gasteiger partial charge on any atom is 0.206 e. The predicted molar refractivity (Wildman–Crippen MR) is 115 cm³/mol. The lowest BCUT2D eigenvalue weighted by molar-refractivity contribution is 0.596. The van der Waals surface area contributed by atoms with Crippen molar-refractivity contribution in [1.82, 2.24) is 9.97 Å². The van der Waals surface area contributed by atoms with E-state index in [9.17, 15) is 8.42 Å². The highest BCUT2D eigenvalue weighted by Crippen LogP contribution is 2.32. The van der Waals surface area contributed by atoms with E-state index in [4.69, 9.17) is 0 Å². The zero-order valence-corrected chi connectivity index (χ0v) is 16.9. The van der Waals surface area contributed by atoms with E-state index < -0.39 is 9.84 Å². The van der Waals surface area contributed by atoms with E-state index in [1.165, 1.54) is 5.56 Å². The van der Waals surface area contributed by atoms with Crippen molar-refractivity contribution in [3.63, 3.8) is 0 Å². The molecule has 0 spiro atoms. The molecule has 1 aliphatic heterocycles. The van der Waals surface area contributed by atoms with Gasteiger partial charge in [0.15, 0.2) is 0 Å². The van der Waals surface area contributed by atoms with Gasteiger partial charge in [0.2, 0.25) is 9.84 Å². The number of fused-ring (bicyclic) bond motifs is 2. The molecule has 0 unspecified atom stereocenters. The van der Waals surface area contributed by atoms with Gasteiger partial charge >= 0.3 is 0 Å². The van der Waals surface area contributed by atoms with E-state index in [-0.39, 0.29) is 9.79 Å². The number of nitrogens with one attached hydrogen (secondary N) is 1. The normalized spacial score (nSPS) is 13.5. The van der Waals surface area contributed by atoms with Crippen molar-refractivity contribution in [2.45, 2.75) is 30.1 Å². The number of rotatable bonds is 3. The minimum Gasteiger partial charge on any atom is -0.338 e. The number of hydrogen-bond donors (Lipinski definition) is 1. The summed E-state index contributed by atoms with van der Waals surface area (Å²) in [5, 5.41) is 0. The Labute approximate surface area is 169 Å². The number of sulfone groups is 1. The largest absolute Gasteiger partial charge is 0.338 e. The minimum atomic E-state index is -3.65. The predicted octanol–water partition coefficient (Wildman–Crippen LogP) is 5.02. The van der Waals surface area contributed by atoms with Crippen LogP contribution in [0.2, 0.25) is 0 Å². The van der Waals surface area contributed by atoms with Crippen LogP contribution in [0.5, 0.6) is 0 Å². The van der Waals surface area contributed by atoms with E-state index >= 15 is 0 Å². The third-order valence-electron chi connectivity index (χ3n) is 5.21. The van der Waals surface area contributed by atoms with Crippen molar-refractivity contribution in [2.24, 2.45) is 4.99 Å². The second-order valence-corrected chi connectivity index (χ2v) is 9.40. The van der Waals surface area contributed by atoms with Crippen molar-refractivity contribution in [3.05, 3.63) is 71.8 Å². The van der Waals surface area contributed by atoms with Crippen LogP contribution in [0.1, 0.15) is 18.1 Å². The second-order valence-electron chi connectivity index (χ2n) is 7.45. The van der Waals surface area contributed by atoms with Gasteiger partial charge in [-0.1, -0.05) is 35.9 Å². The average Bonchev–Trinajstić information content (AvgIpc) is 3.29. The Morgan fingerprint density at radius 2 is 1.62 bits per heavy atom. The van der Waals surface area contributed by atoms with Crippen molar-refractivity contribution < 1.29 is 8.42 Å². The van der Waals surface area contributed by atoms with E-state index in [0.717, 1.165) is 40.3 Å². The van der Waals surface area contributed by atoms with E-state index in [1.54, 1.807) is 30.3 Å². The first-order valence-electron chi connectivity index (χ1n) is 9.39. The first-order valence-corrected chi connectivity index (χ1v) is 10.9. The molecule has 1 aliphatic rings. The summed E-state index contributed by atoms with van der Waals surface area (Å²) in [7, 11) is -3.65. The van der Waals surface area contributed by atoms with Crippen molar-refractivity contribution >= 4 is 32.3 Å². The molecule has 0 radical (unpaired) electrons. The van der Waals surface area contributed by atoms with Gasteiger partial charge in [-0.2, -0.15) is 0 Å². The third-order valence-corrected chi connectivity index (χ3v) is 6.96. The molecule has 0 amide bonds. The maximum absolute atomic E-state index is 13.2. The summed E-state index contributed by atoms with van der Waals surface area (Å²) in [4.78, 5) is 12.8. The third kappa shape index (κ3) is 3.06. The van der Waals surface area contributed by atoms with Gasteiger partial charge in [-0.15, -0.1) is 0 Å². The van der Waals surface area contributed by atoms with Crippen LogP contribution < -0.4 is 0 Å². The van der Waals surface area contributed by atoms with Gasteiger partial charge < -0.3 is 4.98 Å². The summed E-state index contributed by atoms with van der Waals surface area (Å²) >= 11 is 0. The summed E-state index contributed by atoms with van der Waals surface area (Å²) in [6.45, 7) is 3.98. The lowest BCUT2D eigenvalue weighted by Gasteiger charge is -2.06. The molecule has 0 aliphatic carbocycles. The van der Waals surface area contributed by atoms with Crippen LogP contribution in [0.15, 0.2) is 75.4 Å². The highest BCUT2D eigenvalue weighted by molar-refractivity contribution is 7.91. The molecule has 0 fully saturated rings. The smallest absolute Gasteiger partial charge is 0.206 e. The van der Waals surface area contributed by atoms with Crippen molar-refractivity contribution in [1.29, 1.82) is 0 Å². The van der Waals surface area contributed by atoms with Crippen molar-refractivity contribution in [2.75, 3.05) is 0 Å². The SMILES string of the molecule is CC1=Nc2cc(S(=O)(=O)c3ccc4nc(-c5ccc(C)cc5)[nH]c4c3)ccc2C1. The fourth-order valence-electron chi connectivity index (χ4n) is 3.63. The van der Waals surface area contributed by atoms with Crippen molar-refractivity contribution in [3.8, 4) is 11.4 Å². The lowest BCUT2D eigenvalue weighted by Crippen LogP contribution is -2.02. The van der Waals surface area contributed by atoms with Crippen LogP contribution >= 0.6 is 0 Å². The molecule has 6 heteroatoms. The number of benzene rings is 3. The zero-order chi connectivity index (χ0) is 20.2. The molecular weight excluding hydrogens is 382 g/mol. The number of aromatic nitrogens is 2. The van der Waals surface area contributed by atoms with Gasteiger partial charge in [-0.3, -0.25) is 4.99 Å². The minimum absolute atomic E-state index is 0.239. The molecule has 0 bridgehead atoms. The number of aryl methyl sites for hydroxylation is 1. The van der Waals surface area contributed by atoms with Gasteiger partial charge in [-0.25, -0.2) is 13.4 Å². The fraction of sp³-hybridized carbons (Fsp3) is 0.130.